The number of rotatable bonds is 7. The van der Waals surface area contributed by atoms with E-state index in [9.17, 15) is 0 Å². The largest absolute Gasteiger partial charge is 0.314 e. The molecule has 1 aromatic heterocycles. The second-order valence-corrected chi connectivity index (χ2v) is 8.84. The minimum absolute atomic E-state index is 0.408. The van der Waals surface area contributed by atoms with E-state index in [1.807, 2.05) is 0 Å². The Morgan fingerprint density at radius 2 is 2.17 bits per heavy atom. The van der Waals surface area contributed by atoms with Crippen LogP contribution in [0, 0.1) is 5.41 Å². The lowest BCUT2D eigenvalue weighted by Crippen LogP contribution is -2.24. The molecule has 1 N–H and O–H groups in total. The Labute approximate surface area is 127 Å². The highest BCUT2D eigenvalue weighted by Gasteiger charge is 2.23. The normalized spacial score (nSPS) is 16.2. The summed E-state index contributed by atoms with van der Waals surface area (Å²) in [6.07, 6.45) is 6.36. The third-order valence-electron chi connectivity index (χ3n) is 3.56. The molecule has 1 aliphatic rings. The first-order valence-electron chi connectivity index (χ1n) is 6.63. The maximum atomic E-state index is 6.06. The summed E-state index contributed by atoms with van der Waals surface area (Å²) in [5.74, 6) is 0. The lowest BCUT2D eigenvalue weighted by atomic mass is 9.84. The van der Waals surface area contributed by atoms with Crippen molar-refractivity contribution in [3.8, 4) is 0 Å². The Balaban J connectivity index is 1.72. The monoisotopic (exact) mass is 349 g/mol. The number of nitrogens with one attached hydrogen (secondary N) is 1. The summed E-state index contributed by atoms with van der Waals surface area (Å²) in [7, 11) is 0. The van der Waals surface area contributed by atoms with E-state index in [1.165, 1.54) is 30.6 Å². The zero-order valence-corrected chi connectivity index (χ0v) is 14.2. The van der Waals surface area contributed by atoms with Crippen molar-refractivity contribution < 1.29 is 0 Å². The van der Waals surface area contributed by atoms with Crippen LogP contribution in [0.15, 0.2) is 9.85 Å². The van der Waals surface area contributed by atoms with E-state index in [1.54, 1.807) is 11.3 Å². The smallest absolute Gasteiger partial charge is 0.0887 e. The van der Waals surface area contributed by atoms with Crippen LogP contribution in [0.2, 0.25) is 5.02 Å². The summed E-state index contributed by atoms with van der Waals surface area (Å²) < 4.78 is 1.06. The standard InChI is InChI=1S/C14H21BrClNS/c1-14(2,7-8-17-10-3-4-10)6-5-11-9-12(16)13(15)18-11/h9-10,17H,3-8H2,1-2H3. The summed E-state index contributed by atoms with van der Waals surface area (Å²) in [5.41, 5.74) is 0.408. The fourth-order valence-corrected chi connectivity index (χ4v) is 3.82. The molecule has 0 bridgehead atoms. The first kappa shape index (κ1) is 14.8. The molecule has 0 saturated heterocycles. The number of hydrogen-bond donors (Lipinski definition) is 1. The Bertz CT molecular complexity index is 379. The van der Waals surface area contributed by atoms with Crippen molar-refractivity contribution in [2.75, 3.05) is 6.54 Å². The molecule has 1 heterocycles. The summed E-state index contributed by atoms with van der Waals surface area (Å²) in [6.45, 7) is 5.89. The van der Waals surface area contributed by atoms with E-state index in [0.29, 0.717) is 5.41 Å². The van der Waals surface area contributed by atoms with Gasteiger partial charge in [-0.2, -0.15) is 0 Å². The van der Waals surface area contributed by atoms with Gasteiger partial charge < -0.3 is 5.32 Å². The van der Waals surface area contributed by atoms with Gasteiger partial charge in [0, 0.05) is 10.9 Å². The molecule has 0 aliphatic heterocycles. The number of thiophene rings is 1. The van der Waals surface area contributed by atoms with Crippen LogP contribution in [0.25, 0.3) is 0 Å². The molecule has 0 radical (unpaired) electrons. The zero-order chi connectivity index (χ0) is 13.2. The van der Waals surface area contributed by atoms with Crippen molar-refractivity contribution in [1.82, 2.24) is 5.32 Å². The minimum Gasteiger partial charge on any atom is -0.314 e. The van der Waals surface area contributed by atoms with E-state index in [-0.39, 0.29) is 0 Å². The van der Waals surface area contributed by atoms with Gasteiger partial charge in [0.05, 0.1) is 8.81 Å². The van der Waals surface area contributed by atoms with Crippen LogP contribution < -0.4 is 5.32 Å². The van der Waals surface area contributed by atoms with Crippen molar-refractivity contribution in [3.63, 3.8) is 0 Å². The fraction of sp³-hybridized carbons (Fsp3) is 0.714. The second-order valence-electron chi connectivity index (χ2n) is 5.98. The Morgan fingerprint density at radius 3 is 2.72 bits per heavy atom. The molecule has 0 aromatic carbocycles. The fourth-order valence-electron chi connectivity index (χ4n) is 2.00. The molecule has 102 valence electrons. The number of aryl methyl sites for hydroxylation is 1. The average molecular weight is 351 g/mol. The van der Waals surface area contributed by atoms with Gasteiger partial charge in [0.25, 0.3) is 0 Å². The average Bonchev–Trinajstić information content (AvgIpc) is 3.04. The third-order valence-corrected chi connectivity index (χ3v) is 6.09. The lowest BCUT2D eigenvalue weighted by molar-refractivity contribution is 0.302. The molecular formula is C14H21BrClNS. The zero-order valence-electron chi connectivity index (χ0n) is 11.1. The summed E-state index contributed by atoms with van der Waals surface area (Å²) >= 11 is 11.3. The molecule has 4 heteroatoms. The van der Waals surface area contributed by atoms with Crippen molar-refractivity contribution in [2.24, 2.45) is 5.41 Å². The van der Waals surface area contributed by atoms with Gasteiger partial charge in [0.2, 0.25) is 0 Å². The molecule has 1 aromatic rings. The second kappa shape index (κ2) is 6.25. The summed E-state index contributed by atoms with van der Waals surface area (Å²) in [6, 6.07) is 2.92. The van der Waals surface area contributed by atoms with Gasteiger partial charge in [-0.05, 0) is 66.1 Å². The highest BCUT2D eigenvalue weighted by Crippen LogP contribution is 2.35. The van der Waals surface area contributed by atoms with Crippen LogP contribution >= 0.6 is 38.9 Å². The first-order valence-corrected chi connectivity index (χ1v) is 8.62. The molecule has 1 fully saturated rings. The minimum atomic E-state index is 0.408. The maximum Gasteiger partial charge on any atom is 0.0887 e. The lowest BCUT2D eigenvalue weighted by Gasteiger charge is -2.24. The predicted octanol–water partition coefficient (Wildman–Crippen LogP) is 5.26. The number of hydrogen-bond acceptors (Lipinski definition) is 2. The van der Waals surface area contributed by atoms with Gasteiger partial charge in [-0.15, -0.1) is 11.3 Å². The number of halogens is 2. The Morgan fingerprint density at radius 1 is 1.44 bits per heavy atom. The highest BCUT2D eigenvalue weighted by molar-refractivity contribution is 9.11. The van der Waals surface area contributed by atoms with Crippen LogP contribution in [-0.4, -0.2) is 12.6 Å². The van der Waals surface area contributed by atoms with Gasteiger partial charge >= 0.3 is 0 Å². The highest BCUT2D eigenvalue weighted by atomic mass is 79.9. The van der Waals surface area contributed by atoms with E-state index < -0.39 is 0 Å². The molecule has 0 amide bonds. The van der Waals surface area contributed by atoms with Gasteiger partial charge in [0.1, 0.15) is 0 Å². The molecule has 2 rings (SSSR count). The van der Waals surface area contributed by atoms with E-state index in [0.717, 1.165) is 27.8 Å². The molecule has 0 spiro atoms. The molecule has 0 atom stereocenters. The molecule has 18 heavy (non-hydrogen) atoms. The molecular weight excluding hydrogens is 330 g/mol. The molecule has 1 nitrogen and oxygen atoms in total. The maximum absolute atomic E-state index is 6.06. The van der Waals surface area contributed by atoms with E-state index in [4.69, 9.17) is 11.6 Å². The van der Waals surface area contributed by atoms with Crippen LogP contribution in [0.3, 0.4) is 0 Å². The molecule has 1 aliphatic carbocycles. The van der Waals surface area contributed by atoms with Crippen LogP contribution in [0.5, 0.6) is 0 Å². The summed E-state index contributed by atoms with van der Waals surface area (Å²) in [5, 5.41) is 4.45. The Kier molecular flexibility index (Phi) is 5.15. The molecule has 1 saturated carbocycles. The Hall–Kier alpha value is 0.430. The quantitative estimate of drug-likeness (QED) is 0.707. The summed E-state index contributed by atoms with van der Waals surface area (Å²) in [4.78, 5) is 1.38. The van der Waals surface area contributed by atoms with Gasteiger partial charge in [0.15, 0.2) is 0 Å². The van der Waals surface area contributed by atoms with Crippen molar-refractivity contribution in [3.05, 3.63) is 19.8 Å². The van der Waals surface area contributed by atoms with Crippen LogP contribution in [-0.2, 0) is 6.42 Å². The van der Waals surface area contributed by atoms with E-state index in [2.05, 4.69) is 41.2 Å². The van der Waals surface area contributed by atoms with Gasteiger partial charge in [-0.25, -0.2) is 0 Å². The van der Waals surface area contributed by atoms with Crippen molar-refractivity contribution >= 4 is 38.9 Å². The van der Waals surface area contributed by atoms with Gasteiger partial charge in [-0.1, -0.05) is 25.4 Å². The van der Waals surface area contributed by atoms with Crippen LogP contribution in [0.1, 0.15) is 44.4 Å². The topological polar surface area (TPSA) is 12.0 Å². The first-order chi connectivity index (χ1) is 8.46. The SMILES string of the molecule is CC(C)(CCNC1CC1)CCc1cc(Cl)c(Br)s1. The molecule has 0 unspecified atom stereocenters. The van der Waals surface area contributed by atoms with E-state index >= 15 is 0 Å². The van der Waals surface area contributed by atoms with Crippen LogP contribution in [0.4, 0.5) is 0 Å². The predicted molar refractivity (Wildman–Crippen MR) is 84.8 cm³/mol. The van der Waals surface area contributed by atoms with Crippen molar-refractivity contribution in [1.29, 1.82) is 0 Å². The van der Waals surface area contributed by atoms with Crippen molar-refractivity contribution in [2.45, 2.75) is 52.0 Å². The van der Waals surface area contributed by atoms with Gasteiger partial charge in [-0.3, -0.25) is 0 Å². The third kappa shape index (κ3) is 4.84.